The number of nitrogens with one attached hydrogen (secondary N) is 1. The van der Waals surface area contributed by atoms with E-state index in [1.165, 1.54) is 12.1 Å². The van der Waals surface area contributed by atoms with Crippen LogP contribution in [0.25, 0.3) is 11.1 Å². The quantitative estimate of drug-likeness (QED) is 0.891. The van der Waals surface area contributed by atoms with Crippen LogP contribution in [0.3, 0.4) is 0 Å². The largest absolute Gasteiger partial charge is 0.488 e. The van der Waals surface area contributed by atoms with Gasteiger partial charge in [0.15, 0.2) is 0 Å². The number of rotatable bonds is 3. The molecular formula is C19H20F3NO. The molecular weight excluding hydrogens is 315 g/mol. The summed E-state index contributed by atoms with van der Waals surface area (Å²) in [6, 6.07) is 8.18. The zero-order chi connectivity index (χ0) is 17.5. The number of likely N-dealkylation sites (N-methyl/N-ethyl adjacent to an activating group) is 1. The van der Waals surface area contributed by atoms with E-state index in [1.807, 2.05) is 32.0 Å². The van der Waals surface area contributed by atoms with E-state index >= 15 is 0 Å². The van der Waals surface area contributed by atoms with Crippen molar-refractivity contribution in [2.24, 2.45) is 0 Å². The van der Waals surface area contributed by atoms with Crippen molar-refractivity contribution in [3.63, 3.8) is 0 Å². The second kappa shape index (κ2) is 6.13. The van der Waals surface area contributed by atoms with Gasteiger partial charge in [0.1, 0.15) is 11.9 Å². The van der Waals surface area contributed by atoms with Crippen LogP contribution in [0, 0.1) is 13.8 Å². The molecule has 0 fully saturated rings. The predicted octanol–water partition coefficient (Wildman–Crippen LogP) is 4.51. The van der Waals surface area contributed by atoms with Crippen LogP contribution < -0.4 is 10.1 Å². The van der Waals surface area contributed by atoms with Crippen molar-refractivity contribution in [1.29, 1.82) is 0 Å². The second-order valence-electron chi connectivity index (χ2n) is 6.28. The Balaban J connectivity index is 2.21. The number of fused-ring (bicyclic) bond motifs is 1. The van der Waals surface area contributed by atoms with Crippen molar-refractivity contribution in [3.05, 3.63) is 52.6 Å². The maximum atomic E-state index is 13.3. The minimum atomic E-state index is -4.37. The molecule has 1 aliphatic heterocycles. The first-order valence-electron chi connectivity index (χ1n) is 7.93. The number of aryl methyl sites for hydroxylation is 2. The van der Waals surface area contributed by atoms with Gasteiger partial charge in [0.2, 0.25) is 0 Å². The molecule has 0 saturated heterocycles. The summed E-state index contributed by atoms with van der Waals surface area (Å²) in [6.07, 6.45) is -4.03. The lowest BCUT2D eigenvalue weighted by Gasteiger charge is -2.17. The van der Waals surface area contributed by atoms with E-state index in [4.69, 9.17) is 4.74 Å². The average molecular weight is 335 g/mol. The van der Waals surface area contributed by atoms with Crippen LogP contribution in [-0.2, 0) is 12.6 Å². The van der Waals surface area contributed by atoms with E-state index in [2.05, 4.69) is 5.32 Å². The molecule has 0 amide bonds. The van der Waals surface area contributed by atoms with Gasteiger partial charge in [0.25, 0.3) is 0 Å². The van der Waals surface area contributed by atoms with E-state index < -0.39 is 11.7 Å². The number of hydrogen-bond acceptors (Lipinski definition) is 2. The first-order chi connectivity index (χ1) is 11.3. The Bertz CT molecular complexity index is 748. The van der Waals surface area contributed by atoms with E-state index in [-0.39, 0.29) is 6.10 Å². The Kier molecular flexibility index (Phi) is 4.30. The summed E-state index contributed by atoms with van der Waals surface area (Å²) < 4.78 is 46.0. The van der Waals surface area contributed by atoms with Crippen molar-refractivity contribution < 1.29 is 17.9 Å². The first kappa shape index (κ1) is 16.8. The molecule has 1 unspecified atom stereocenters. The smallest absolute Gasteiger partial charge is 0.416 e. The Labute approximate surface area is 139 Å². The minimum absolute atomic E-state index is 0.142. The Morgan fingerprint density at radius 1 is 1.17 bits per heavy atom. The molecule has 0 aromatic heterocycles. The number of benzene rings is 2. The molecule has 1 N–H and O–H groups in total. The van der Waals surface area contributed by atoms with Gasteiger partial charge in [-0.1, -0.05) is 18.2 Å². The van der Waals surface area contributed by atoms with E-state index in [0.29, 0.717) is 29.8 Å². The summed E-state index contributed by atoms with van der Waals surface area (Å²) in [6.45, 7) is 4.42. The molecule has 1 atom stereocenters. The average Bonchev–Trinajstić information content (AvgIpc) is 2.89. The Morgan fingerprint density at radius 2 is 1.83 bits per heavy atom. The lowest BCUT2D eigenvalue weighted by Crippen LogP contribution is -2.27. The number of ether oxygens (including phenoxy) is 1. The van der Waals surface area contributed by atoms with Gasteiger partial charge < -0.3 is 10.1 Å². The molecule has 3 rings (SSSR count). The fourth-order valence-corrected chi connectivity index (χ4v) is 3.36. The molecule has 0 radical (unpaired) electrons. The molecule has 0 spiro atoms. The van der Waals surface area contributed by atoms with Crippen LogP contribution in [-0.4, -0.2) is 19.7 Å². The lowest BCUT2D eigenvalue weighted by molar-refractivity contribution is -0.137. The van der Waals surface area contributed by atoms with E-state index in [1.54, 1.807) is 7.05 Å². The van der Waals surface area contributed by atoms with Crippen molar-refractivity contribution in [3.8, 4) is 16.9 Å². The summed E-state index contributed by atoms with van der Waals surface area (Å²) in [5.41, 5.74) is 3.25. The van der Waals surface area contributed by atoms with Crippen molar-refractivity contribution >= 4 is 0 Å². The standard InChI is InChI=1S/C19H20F3NO/c1-11-5-4-6-12(2)17(11)16-9-14(19(20,21)22)7-13-8-15(10-23-3)24-18(13)16/h4-7,9,15,23H,8,10H2,1-3H3. The zero-order valence-corrected chi connectivity index (χ0v) is 13.9. The lowest BCUT2D eigenvalue weighted by atomic mass is 9.91. The van der Waals surface area contributed by atoms with E-state index in [0.717, 1.165) is 16.7 Å². The fourth-order valence-electron chi connectivity index (χ4n) is 3.36. The summed E-state index contributed by atoms with van der Waals surface area (Å²) in [4.78, 5) is 0. The third-order valence-corrected chi connectivity index (χ3v) is 4.41. The monoisotopic (exact) mass is 335 g/mol. The van der Waals surface area contributed by atoms with Gasteiger partial charge in [-0.3, -0.25) is 0 Å². The van der Waals surface area contributed by atoms with Crippen LogP contribution in [0.4, 0.5) is 13.2 Å². The van der Waals surface area contributed by atoms with E-state index in [9.17, 15) is 13.2 Å². The Morgan fingerprint density at radius 3 is 2.42 bits per heavy atom. The number of alkyl halides is 3. The van der Waals surface area contributed by atoms with Gasteiger partial charge in [-0.15, -0.1) is 0 Å². The second-order valence-corrected chi connectivity index (χ2v) is 6.28. The molecule has 24 heavy (non-hydrogen) atoms. The topological polar surface area (TPSA) is 21.3 Å². The highest BCUT2D eigenvalue weighted by Crippen LogP contribution is 2.45. The summed E-state index contributed by atoms with van der Waals surface area (Å²) >= 11 is 0. The SMILES string of the molecule is CNCC1Cc2cc(C(F)(F)F)cc(-c3c(C)cccc3C)c2O1. The first-order valence-corrected chi connectivity index (χ1v) is 7.93. The molecule has 1 heterocycles. The molecule has 0 saturated carbocycles. The molecule has 128 valence electrons. The molecule has 2 nitrogen and oxygen atoms in total. The van der Waals surface area contributed by atoms with Crippen LogP contribution in [0.1, 0.15) is 22.3 Å². The molecule has 0 aliphatic carbocycles. The highest BCUT2D eigenvalue weighted by molar-refractivity contribution is 5.79. The summed E-state index contributed by atoms with van der Waals surface area (Å²) in [7, 11) is 1.81. The van der Waals surface area contributed by atoms with Gasteiger partial charge in [0, 0.05) is 18.5 Å². The molecule has 2 aromatic carbocycles. The van der Waals surface area contributed by atoms with Gasteiger partial charge in [-0.2, -0.15) is 13.2 Å². The highest BCUT2D eigenvalue weighted by Gasteiger charge is 2.35. The van der Waals surface area contributed by atoms with Gasteiger partial charge in [-0.05, 0) is 55.3 Å². The molecule has 1 aliphatic rings. The molecule has 2 aromatic rings. The van der Waals surface area contributed by atoms with Gasteiger partial charge in [0.05, 0.1) is 5.56 Å². The zero-order valence-electron chi connectivity index (χ0n) is 13.9. The number of hydrogen-bond donors (Lipinski definition) is 1. The van der Waals surface area contributed by atoms with Crippen molar-refractivity contribution in [1.82, 2.24) is 5.32 Å². The molecule has 5 heteroatoms. The molecule has 0 bridgehead atoms. The maximum absolute atomic E-state index is 13.3. The fraction of sp³-hybridized carbons (Fsp3) is 0.368. The minimum Gasteiger partial charge on any atom is -0.488 e. The van der Waals surface area contributed by atoms with Crippen molar-refractivity contribution in [2.45, 2.75) is 32.5 Å². The summed E-state index contributed by atoms with van der Waals surface area (Å²) in [5.74, 6) is 0.584. The van der Waals surface area contributed by atoms with Crippen LogP contribution in [0.2, 0.25) is 0 Å². The van der Waals surface area contributed by atoms with Gasteiger partial charge in [-0.25, -0.2) is 0 Å². The van der Waals surface area contributed by atoms with Crippen LogP contribution in [0.15, 0.2) is 30.3 Å². The third kappa shape index (κ3) is 3.00. The number of halogens is 3. The van der Waals surface area contributed by atoms with Crippen molar-refractivity contribution in [2.75, 3.05) is 13.6 Å². The van der Waals surface area contributed by atoms with Crippen LogP contribution >= 0.6 is 0 Å². The predicted molar refractivity (Wildman–Crippen MR) is 88.4 cm³/mol. The summed E-state index contributed by atoms with van der Waals surface area (Å²) in [5, 5.41) is 3.02. The van der Waals surface area contributed by atoms with Gasteiger partial charge >= 0.3 is 6.18 Å². The Hall–Kier alpha value is -2.01. The normalized spacial score (nSPS) is 16.8. The third-order valence-electron chi connectivity index (χ3n) is 4.41. The highest BCUT2D eigenvalue weighted by atomic mass is 19.4. The van der Waals surface area contributed by atoms with Crippen LogP contribution in [0.5, 0.6) is 5.75 Å². The maximum Gasteiger partial charge on any atom is 0.416 e.